The Balaban J connectivity index is 1.45. The number of hydrogen-bond donors (Lipinski definition) is 1. The van der Waals surface area contributed by atoms with Crippen LogP contribution in [0.15, 0.2) is 47.4 Å². The van der Waals surface area contributed by atoms with Crippen LogP contribution < -0.4 is 19.5 Å². The molecule has 0 atom stereocenters. The fraction of sp³-hybridized carbons (Fsp3) is 0.250. The first kappa shape index (κ1) is 20.5. The SMILES string of the molecule is CN(C)S(=O)(=O)c1ccc(C(=O)NCC#CCOc2ccc3c(c2)OCO3)cc1. The first-order valence-corrected chi connectivity index (χ1v) is 10.1. The van der Waals surface area contributed by atoms with Crippen molar-refractivity contribution in [3.05, 3.63) is 48.0 Å². The fourth-order valence-electron chi connectivity index (χ4n) is 2.42. The van der Waals surface area contributed by atoms with Gasteiger partial charge in [0, 0.05) is 25.7 Å². The molecule has 0 aromatic heterocycles. The number of sulfonamides is 1. The Kier molecular flexibility index (Phi) is 6.26. The van der Waals surface area contributed by atoms with Crippen molar-refractivity contribution >= 4 is 15.9 Å². The zero-order valence-corrected chi connectivity index (χ0v) is 16.8. The van der Waals surface area contributed by atoms with Crippen molar-refractivity contribution in [2.75, 3.05) is 34.0 Å². The average molecular weight is 416 g/mol. The van der Waals surface area contributed by atoms with E-state index in [4.69, 9.17) is 14.2 Å². The lowest BCUT2D eigenvalue weighted by atomic mass is 10.2. The van der Waals surface area contributed by atoms with Gasteiger partial charge in [-0.1, -0.05) is 11.8 Å². The molecule has 0 aliphatic carbocycles. The van der Waals surface area contributed by atoms with Crippen molar-refractivity contribution in [3.8, 4) is 29.1 Å². The zero-order chi connectivity index (χ0) is 20.9. The maximum absolute atomic E-state index is 12.1. The molecule has 1 N–H and O–H groups in total. The third-order valence-corrected chi connectivity index (χ3v) is 5.84. The van der Waals surface area contributed by atoms with E-state index >= 15 is 0 Å². The molecule has 3 rings (SSSR count). The second-order valence-corrected chi connectivity index (χ2v) is 8.30. The number of nitrogens with one attached hydrogen (secondary N) is 1. The van der Waals surface area contributed by atoms with Crippen molar-refractivity contribution in [1.29, 1.82) is 0 Å². The number of rotatable bonds is 6. The second-order valence-electron chi connectivity index (χ2n) is 6.15. The van der Waals surface area contributed by atoms with Gasteiger partial charge in [0.2, 0.25) is 16.8 Å². The Bertz CT molecular complexity index is 1050. The Labute approximate surface area is 169 Å². The molecule has 0 saturated carbocycles. The van der Waals surface area contributed by atoms with Gasteiger partial charge in [-0.2, -0.15) is 0 Å². The lowest BCUT2D eigenvalue weighted by Gasteiger charge is -2.11. The van der Waals surface area contributed by atoms with Crippen LogP contribution in [0.1, 0.15) is 10.4 Å². The number of ether oxygens (including phenoxy) is 3. The minimum absolute atomic E-state index is 0.125. The predicted molar refractivity (Wildman–Crippen MR) is 105 cm³/mol. The van der Waals surface area contributed by atoms with Gasteiger partial charge in [0.15, 0.2) is 11.5 Å². The van der Waals surface area contributed by atoms with E-state index in [1.807, 2.05) is 0 Å². The van der Waals surface area contributed by atoms with E-state index in [1.54, 1.807) is 18.2 Å². The molecular weight excluding hydrogens is 396 g/mol. The highest BCUT2D eigenvalue weighted by atomic mass is 32.2. The lowest BCUT2D eigenvalue weighted by Crippen LogP contribution is -2.24. The lowest BCUT2D eigenvalue weighted by molar-refractivity contribution is 0.0958. The third kappa shape index (κ3) is 4.99. The summed E-state index contributed by atoms with van der Waals surface area (Å²) in [6.45, 7) is 0.500. The van der Waals surface area contributed by atoms with Crippen LogP contribution in [0.3, 0.4) is 0 Å². The first-order chi connectivity index (χ1) is 13.9. The van der Waals surface area contributed by atoms with Gasteiger partial charge >= 0.3 is 0 Å². The first-order valence-electron chi connectivity index (χ1n) is 8.67. The van der Waals surface area contributed by atoms with Crippen LogP contribution in [0.5, 0.6) is 17.2 Å². The number of benzene rings is 2. The third-order valence-electron chi connectivity index (χ3n) is 4.01. The summed E-state index contributed by atoms with van der Waals surface area (Å²) in [6, 6.07) is 11.0. The number of fused-ring (bicyclic) bond motifs is 1. The van der Waals surface area contributed by atoms with Gasteiger partial charge in [-0.25, -0.2) is 12.7 Å². The largest absolute Gasteiger partial charge is 0.481 e. The molecule has 152 valence electrons. The Morgan fingerprint density at radius 1 is 1.10 bits per heavy atom. The molecule has 1 aliphatic heterocycles. The highest BCUT2D eigenvalue weighted by molar-refractivity contribution is 7.89. The fourth-order valence-corrected chi connectivity index (χ4v) is 3.32. The van der Waals surface area contributed by atoms with Crippen molar-refractivity contribution in [2.24, 2.45) is 0 Å². The average Bonchev–Trinajstić information content (AvgIpc) is 3.18. The van der Waals surface area contributed by atoms with E-state index in [-0.39, 0.29) is 30.7 Å². The van der Waals surface area contributed by atoms with E-state index in [1.165, 1.54) is 38.4 Å². The van der Waals surface area contributed by atoms with Gasteiger partial charge in [-0.15, -0.1) is 0 Å². The Hall–Kier alpha value is -3.22. The smallest absolute Gasteiger partial charge is 0.252 e. The van der Waals surface area contributed by atoms with Crippen LogP contribution in [0, 0.1) is 11.8 Å². The van der Waals surface area contributed by atoms with Gasteiger partial charge in [-0.3, -0.25) is 4.79 Å². The van der Waals surface area contributed by atoms with E-state index in [9.17, 15) is 13.2 Å². The molecule has 0 saturated heterocycles. The molecule has 0 spiro atoms. The zero-order valence-electron chi connectivity index (χ0n) is 16.0. The quantitative estimate of drug-likeness (QED) is 0.717. The molecule has 0 bridgehead atoms. The second kappa shape index (κ2) is 8.86. The summed E-state index contributed by atoms with van der Waals surface area (Å²) < 4.78 is 41.2. The monoisotopic (exact) mass is 416 g/mol. The van der Waals surface area contributed by atoms with Crippen LogP contribution in [0.4, 0.5) is 0 Å². The van der Waals surface area contributed by atoms with Crippen molar-refractivity contribution in [3.63, 3.8) is 0 Å². The summed E-state index contributed by atoms with van der Waals surface area (Å²) in [5.41, 5.74) is 0.348. The predicted octanol–water partition coefficient (Wildman–Crippen LogP) is 1.48. The molecule has 1 aliphatic rings. The standard InChI is InChI=1S/C20H20N2O6S/c1-22(2)29(24,25)17-8-5-15(6-9-17)20(23)21-11-3-4-12-26-16-7-10-18-19(13-16)28-14-27-18/h5-10,13H,11-12,14H2,1-2H3,(H,21,23). The molecule has 2 aromatic rings. The van der Waals surface area contributed by atoms with Crippen molar-refractivity contribution in [1.82, 2.24) is 9.62 Å². The molecule has 0 fully saturated rings. The van der Waals surface area contributed by atoms with E-state index in [2.05, 4.69) is 17.2 Å². The van der Waals surface area contributed by atoms with Gasteiger partial charge < -0.3 is 19.5 Å². The Morgan fingerprint density at radius 3 is 2.55 bits per heavy atom. The van der Waals surface area contributed by atoms with E-state index < -0.39 is 10.0 Å². The number of amides is 1. The molecule has 2 aromatic carbocycles. The minimum atomic E-state index is -3.52. The number of nitrogens with zero attached hydrogens (tertiary/aromatic N) is 1. The molecular formula is C20H20N2O6S. The molecule has 0 unspecified atom stereocenters. The van der Waals surface area contributed by atoms with E-state index in [0.717, 1.165) is 4.31 Å². The highest BCUT2D eigenvalue weighted by Gasteiger charge is 2.17. The molecule has 0 radical (unpaired) electrons. The van der Waals surface area contributed by atoms with Crippen LogP contribution in [-0.2, 0) is 10.0 Å². The maximum Gasteiger partial charge on any atom is 0.252 e. The van der Waals surface area contributed by atoms with Crippen molar-refractivity contribution in [2.45, 2.75) is 4.90 Å². The summed E-state index contributed by atoms with van der Waals surface area (Å²) in [6.07, 6.45) is 0. The Morgan fingerprint density at radius 2 is 1.83 bits per heavy atom. The highest BCUT2D eigenvalue weighted by Crippen LogP contribution is 2.34. The topological polar surface area (TPSA) is 94.2 Å². The van der Waals surface area contributed by atoms with Gasteiger partial charge in [0.25, 0.3) is 5.91 Å². The molecule has 1 amide bonds. The van der Waals surface area contributed by atoms with Crippen LogP contribution >= 0.6 is 0 Å². The molecule has 29 heavy (non-hydrogen) atoms. The summed E-state index contributed by atoms with van der Waals surface area (Å²) in [7, 11) is -0.624. The summed E-state index contributed by atoms with van der Waals surface area (Å²) in [4.78, 5) is 12.2. The van der Waals surface area contributed by atoms with E-state index in [0.29, 0.717) is 22.8 Å². The number of carbonyl (C=O) groups excluding carboxylic acids is 1. The number of carbonyl (C=O) groups is 1. The van der Waals surface area contributed by atoms with Crippen LogP contribution in [-0.4, -0.2) is 52.7 Å². The molecule has 8 nitrogen and oxygen atoms in total. The van der Waals surface area contributed by atoms with Crippen LogP contribution in [0.2, 0.25) is 0 Å². The van der Waals surface area contributed by atoms with Crippen molar-refractivity contribution < 1.29 is 27.4 Å². The normalized spacial score (nSPS) is 12.2. The summed E-state index contributed by atoms with van der Waals surface area (Å²) >= 11 is 0. The minimum Gasteiger partial charge on any atom is -0.481 e. The number of hydrogen-bond acceptors (Lipinski definition) is 6. The summed E-state index contributed by atoms with van der Waals surface area (Å²) in [5.74, 6) is 7.18. The van der Waals surface area contributed by atoms with Gasteiger partial charge in [-0.05, 0) is 36.4 Å². The van der Waals surface area contributed by atoms with Gasteiger partial charge in [0.1, 0.15) is 12.4 Å². The van der Waals surface area contributed by atoms with Crippen LogP contribution in [0.25, 0.3) is 0 Å². The molecule has 9 heteroatoms. The maximum atomic E-state index is 12.1. The van der Waals surface area contributed by atoms with Gasteiger partial charge in [0.05, 0.1) is 11.4 Å². The summed E-state index contributed by atoms with van der Waals surface area (Å²) in [5, 5.41) is 2.65. The molecule has 1 heterocycles.